The van der Waals surface area contributed by atoms with Gasteiger partial charge in [0.15, 0.2) is 0 Å². The van der Waals surface area contributed by atoms with Crippen LogP contribution in [0, 0.1) is 45.4 Å². The number of hydrogen-bond acceptors (Lipinski definition) is 6. The normalized spacial score (nSPS) is 14.5. The van der Waals surface area contributed by atoms with Gasteiger partial charge in [-0.2, -0.15) is 74.0 Å². The topological polar surface area (TPSA) is 43.2 Å². The average Bonchev–Trinajstić information content (AvgIpc) is 3.69. The number of nitrogens with zero attached hydrogens (tertiary/aromatic N) is 7. The van der Waals surface area contributed by atoms with Crippen molar-refractivity contribution in [2.75, 3.05) is 22.9 Å². The number of rotatable bonds is 8. The summed E-state index contributed by atoms with van der Waals surface area (Å²) in [5, 5.41) is 0. The van der Waals surface area contributed by atoms with Crippen molar-refractivity contribution >= 4 is 17.0 Å². The fourth-order valence-corrected chi connectivity index (χ4v) is 5.90. The molecule has 0 unspecified atom stereocenters. The van der Waals surface area contributed by atoms with Gasteiger partial charge in [0, 0.05) is 55.3 Å². The van der Waals surface area contributed by atoms with E-state index in [1.54, 1.807) is 6.20 Å². The number of aromatic nitrogens is 3. The maximum absolute atomic E-state index is 4.57. The van der Waals surface area contributed by atoms with E-state index >= 15 is 0 Å². The maximum Gasteiger partial charge on any atom is 0.120 e. The van der Waals surface area contributed by atoms with Crippen molar-refractivity contribution in [2.24, 2.45) is 0 Å². The zero-order valence-electron chi connectivity index (χ0n) is 28.5. The summed E-state index contributed by atoms with van der Waals surface area (Å²) in [5.41, 5.74) is 12.3. The van der Waals surface area contributed by atoms with Gasteiger partial charge in [-0.25, -0.2) is 4.98 Å². The minimum atomic E-state index is 0. The van der Waals surface area contributed by atoms with Gasteiger partial charge < -0.3 is 24.0 Å². The number of fused-ring (bicyclic) bond motifs is 1. The molecule has 1 radical (unpaired) electrons. The van der Waals surface area contributed by atoms with Gasteiger partial charge in [0.05, 0.1) is 5.69 Å². The molecule has 2 aliphatic heterocycles. The van der Waals surface area contributed by atoms with Crippen LogP contribution in [0.2, 0.25) is 0 Å². The number of para-hydroxylation sites is 2. The second-order valence-corrected chi connectivity index (χ2v) is 11.9. The first-order chi connectivity index (χ1) is 22.8. The van der Waals surface area contributed by atoms with Gasteiger partial charge in [0.1, 0.15) is 5.65 Å². The second kappa shape index (κ2) is 15.7. The van der Waals surface area contributed by atoms with Crippen LogP contribution in [0.15, 0.2) is 108 Å². The van der Waals surface area contributed by atoms with E-state index < -0.39 is 0 Å². The van der Waals surface area contributed by atoms with Crippen molar-refractivity contribution in [2.45, 2.75) is 54.4 Å². The molecule has 2 aromatic heterocycles. The summed E-state index contributed by atoms with van der Waals surface area (Å²) in [5.74, 6) is 0. The van der Waals surface area contributed by atoms with Crippen LogP contribution >= 0.6 is 0 Å². The molecular formula is C40H42IrN7-5. The van der Waals surface area contributed by atoms with E-state index in [2.05, 4.69) is 124 Å². The Hall–Kier alpha value is -4.39. The molecule has 48 heavy (non-hydrogen) atoms. The van der Waals surface area contributed by atoms with Crippen molar-refractivity contribution < 1.29 is 20.1 Å². The van der Waals surface area contributed by atoms with E-state index in [-0.39, 0.29) is 20.1 Å². The third-order valence-corrected chi connectivity index (χ3v) is 9.08. The molecule has 8 heteroatoms. The van der Waals surface area contributed by atoms with Crippen molar-refractivity contribution in [1.29, 1.82) is 0 Å². The molecule has 0 fully saturated rings. The van der Waals surface area contributed by atoms with Gasteiger partial charge in [-0.15, -0.1) is 47.3 Å². The first-order valence-corrected chi connectivity index (χ1v) is 16.2. The molecule has 0 aliphatic carbocycles. The van der Waals surface area contributed by atoms with Crippen molar-refractivity contribution in [3.05, 3.63) is 151 Å². The molecule has 2 aliphatic rings. The zero-order valence-corrected chi connectivity index (χ0v) is 30.9. The van der Waals surface area contributed by atoms with Crippen molar-refractivity contribution in [3.8, 4) is 11.3 Å². The summed E-state index contributed by atoms with van der Waals surface area (Å²) in [7, 11) is 0. The Morgan fingerprint density at radius 2 is 1.17 bits per heavy atom. The molecule has 0 saturated heterocycles. The van der Waals surface area contributed by atoms with Crippen LogP contribution in [-0.2, 0) is 20.1 Å². The maximum atomic E-state index is 4.57. The Labute approximate surface area is 299 Å². The third kappa shape index (κ3) is 7.35. The monoisotopic (exact) mass is 813 g/mol. The van der Waals surface area contributed by atoms with E-state index in [9.17, 15) is 0 Å². The number of allylic oxidation sites excluding steroid dienone is 4. The van der Waals surface area contributed by atoms with E-state index in [1.807, 2.05) is 61.7 Å². The zero-order chi connectivity index (χ0) is 32.9. The minimum Gasteiger partial charge on any atom is -0.505 e. The van der Waals surface area contributed by atoms with Crippen LogP contribution in [0.25, 0.3) is 16.9 Å². The van der Waals surface area contributed by atoms with Gasteiger partial charge in [0.25, 0.3) is 0 Å². The fourth-order valence-electron chi connectivity index (χ4n) is 5.90. The SMILES string of the molecule is CC1=C(C)N(c2[c-]cccc2)[CH-]N1CCCCN1[CH-]N(c2[c-]cccc2)C(C)=C1C.Cc1nc2c(-c3[c-]cccc3)nccn2c1C.[Ir]. The van der Waals surface area contributed by atoms with Crippen LogP contribution < -0.4 is 9.80 Å². The number of imidazole rings is 1. The molecule has 0 N–H and O–H groups in total. The molecule has 0 bridgehead atoms. The molecule has 3 aromatic carbocycles. The molecule has 251 valence electrons. The predicted molar refractivity (Wildman–Crippen MR) is 190 cm³/mol. The van der Waals surface area contributed by atoms with E-state index in [0.29, 0.717) is 0 Å². The van der Waals surface area contributed by atoms with E-state index in [0.717, 1.165) is 65.6 Å². The molecule has 7 nitrogen and oxygen atoms in total. The first-order valence-electron chi connectivity index (χ1n) is 16.2. The van der Waals surface area contributed by atoms with Gasteiger partial charge in [-0.05, 0) is 78.9 Å². The van der Waals surface area contributed by atoms with E-state index in [4.69, 9.17) is 0 Å². The molecular weight excluding hydrogens is 771 g/mol. The van der Waals surface area contributed by atoms with Crippen LogP contribution in [0.3, 0.4) is 0 Å². The van der Waals surface area contributed by atoms with Crippen molar-refractivity contribution in [1.82, 2.24) is 24.2 Å². The number of benzene rings is 3. The Morgan fingerprint density at radius 1 is 0.646 bits per heavy atom. The quantitative estimate of drug-likeness (QED) is 0.116. The summed E-state index contributed by atoms with van der Waals surface area (Å²) >= 11 is 0. The Balaban J connectivity index is 0.000000212. The summed E-state index contributed by atoms with van der Waals surface area (Å²) in [6.45, 7) is 19.3. The van der Waals surface area contributed by atoms with Gasteiger partial charge in [-0.1, -0.05) is 0 Å². The predicted octanol–water partition coefficient (Wildman–Crippen LogP) is 8.56. The Bertz CT molecular complexity index is 1790. The summed E-state index contributed by atoms with van der Waals surface area (Å²) in [6.07, 6.45) is 6.03. The molecule has 0 amide bonds. The molecule has 0 spiro atoms. The smallest absolute Gasteiger partial charge is 0.120 e. The van der Waals surface area contributed by atoms with Gasteiger partial charge in [0.2, 0.25) is 0 Å². The summed E-state index contributed by atoms with van der Waals surface area (Å²) in [6, 6.07) is 33.9. The molecule has 0 saturated carbocycles. The van der Waals surface area contributed by atoms with Crippen LogP contribution in [0.4, 0.5) is 11.4 Å². The molecule has 4 heterocycles. The molecule has 7 rings (SSSR count). The largest absolute Gasteiger partial charge is 0.505 e. The van der Waals surface area contributed by atoms with Crippen LogP contribution in [-0.4, -0.2) is 37.3 Å². The van der Waals surface area contributed by atoms with Crippen LogP contribution in [0.1, 0.15) is 51.9 Å². The number of unbranched alkanes of at least 4 members (excludes halogenated alkanes) is 1. The van der Waals surface area contributed by atoms with Crippen molar-refractivity contribution in [3.63, 3.8) is 0 Å². The van der Waals surface area contributed by atoms with Gasteiger partial charge >= 0.3 is 0 Å². The number of aryl methyl sites for hydroxylation is 2. The van der Waals surface area contributed by atoms with Gasteiger partial charge in [-0.3, -0.25) is 4.98 Å². The fraction of sp³-hybridized carbons (Fsp3) is 0.250. The standard InChI is InChI=1S/C26H30N4.C14H12N3.Ir/c1-21-23(3)29(25-13-7-5-8-14-25)19-27(21)17-11-12-18-28-20-30(24(4)22(28)2)26-15-9-6-10-16-26;1-10-11(2)17-9-8-15-13(14(17)16-10)12-6-4-3-5-7-12;/h5-10,13,15,19-20H,11-12,17-18H2,1-4H3;3-6,8-9H,1-2H3;/q-4;-1;. The average molecular weight is 813 g/mol. The number of hydrogen-bond donors (Lipinski definition) is 0. The second-order valence-electron chi connectivity index (χ2n) is 11.9. The minimum absolute atomic E-state index is 0. The van der Waals surface area contributed by atoms with Crippen LogP contribution in [0.5, 0.6) is 0 Å². The summed E-state index contributed by atoms with van der Waals surface area (Å²) in [4.78, 5) is 18.2. The molecule has 5 aromatic rings. The molecule has 0 atom stereocenters. The van der Waals surface area contributed by atoms with E-state index in [1.165, 1.54) is 22.8 Å². The Morgan fingerprint density at radius 3 is 1.65 bits per heavy atom. The first kappa shape index (κ1) is 34.9. The number of anilines is 2. The third-order valence-electron chi connectivity index (χ3n) is 9.08. The Kier molecular flexibility index (Phi) is 11.4. The summed E-state index contributed by atoms with van der Waals surface area (Å²) < 4.78 is 2.07.